The van der Waals surface area contributed by atoms with Gasteiger partial charge in [-0.2, -0.15) is 0 Å². The molecule has 0 saturated carbocycles. The second-order valence-electron chi connectivity index (χ2n) is 6.35. The standard InChI is InChI=1S/C14H19NO4.C3H7NO2/c1-14(2,3)19-13(18)15-11(12(16)17)9-10-7-5-4-6-8-10;1-2(4)3(5)6/h4-8,11H,9H2,1-3H3,(H,15,18)(H,16,17);2H,4H2,1H3,(H,5,6)/t11-;2-/m00/s1. The molecule has 0 aromatic heterocycles. The molecule has 0 heterocycles. The third-order valence-electron chi connectivity index (χ3n) is 2.66. The molecule has 0 radical (unpaired) electrons. The van der Waals surface area contributed by atoms with Gasteiger partial charge in [0.15, 0.2) is 0 Å². The molecule has 0 saturated heterocycles. The number of carbonyl (C=O) groups is 3. The van der Waals surface area contributed by atoms with Gasteiger partial charge < -0.3 is 26.0 Å². The zero-order valence-electron chi connectivity index (χ0n) is 14.9. The lowest BCUT2D eigenvalue weighted by molar-refractivity contribution is -0.139. The van der Waals surface area contributed by atoms with Crippen molar-refractivity contribution in [3.8, 4) is 0 Å². The number of amides is 1. The first kappa shape index (κ1) is 22.4. The second kappa shape index (κ2) is 10.3. The molecule has 0 fully saturated rings. The number of hydrogen-bond donors (Lipinski definition) is 4. The molecule has 5 N–H and O–H groups in total. The molecular weight excluding hydrogens is 328 g/mol. The molecule has 0 bridgehead atoms. The number of carboxylic acid groups (broad SMARTS) is 2. The van der Waals surface area contributed by atoms with E-state index in [4.69, 9.17) is 20.7 Å². The number of benzene rings is 1. The number of aliphatic carboxylic acids is 2. The van der Waals surface area contributed by atoms with Crippen molar-refractivity contribution in [1.29, 1.82) is 0 Å². The Kier molecular flexibility index (Phi) is 9.22. The van der Waals surface area contributed by atoms with Crippen molar-refractivity contribution < 1.29 is 29.3 Å². The van der Waals surface area contributed by atoms with Gasteiger partial charge in [0.1, 0.15) is 17.7 Å². The predicted molar refractivity (Wildman–Crippen MR) is 92.2 cm³/mol. The van der Waals surface area contributed by atoms with E-state index in [-0.39, 0.29) is 6.42 Å². The number of nitrogens with one attached hydrogen (secondary N) is 1. The van der Waals surface area contributed by atoms with Gasteiger partial charge in [-0.3, -0.25) is 4.79 Å². The van der Waals surface area contributed by atoms with E-state index in [1.807, 2.05) is 30.3 Å². The van der Waals surface area contributed by atoms with E-state index in [0.717, 1.165) is 5.56 Å². The number of nitrogens with two attached hydrogens (primary N) is 1. The Labute approximate surface area is 147 Å². The van der Waals surface area contributed by atoms with E-state index in [1.54, 1.807) is 20.8 Å². The van der Waals surface area contributed by atoms with Crippen LogP contribution in [0, 0.1) is 0 Å². The fraction of sp³-hybridized carbons (Fsp3) is 0.471. The Hall–Kier alpha value is -2.61. The topological polar surface area (TPSA) is 139 Å². The van der Waals surface area contributed by atoms with Gasteiger partial charge in [0.2, 0.25) is 0 Å². The van der Waals surface area contributed by atoms with Crippen LogP contribution in [0.15, 0.2) is 30.3 Å². The largest absolute Gasteiger partial charge is 0.480 e. The highest BCUT2D eigenvalue weighted by molar-refractivity contribution is 5.80. The quantitative estimate of drug-likeness (QED) is 0.630. The van der Waals surface area contributed by atoms with Crippen molar-refractivity contribution in [3.05, 3.63) is 35.9 Å². The molecule has 0 aliphatic rings. The summed E-state index contributed by atoms with van der Waals surface area (Å²) in [6.45, 7) is 6.58. The zero-order valence-corrected chi connectivity index (χ0v) is 14.9. The zero-order chi connectivity index (χ0) is 19.6. The van der Waals surface area contributed by atoms with Crippen molar-refractivity contribution in [1.82, 2.24) is 5.32 Å². The maximum Gasteiger partial charge on any atom is 0.408 e. The summed E-state index contributed by atoms with van der Waals surface area (Å²) < 4.78 is 5.04. The molecule has 25 heavy (non-hydrogen) atoms. The summed E-state index contributed by atoms with van der Waals surface area (Å²) in [5.41, 5.74) is 5.02. The lowest BCUT2D eigenvalue weighted by Gasteiger charge is -2.22. The summed E-state index contributed by atoms with van der Waals surface area (Å²) in [4.78, 5) is 32.3. The monoisotopic (exact) mass is 354 g/mol. The van der Waals surface area contributed by atoms with Gasteiger partial charge >= 0.3 is 18.0 Å². The van der Waals surface area contributed by atoms with E-state index < -0.39 is 35.7 Å². The van der Waals surface area contributed by atoms with Crippen LogP contribution in [0.5, 0.6) is 0 Å². The SMILES string of the molecule is CC(C)(C)OC(=O)N[C@@H](Cc1ccccc1)C(=O)O.C[C@H](N)C(=O)O. The summed E-state index contributed by atoms with van der Waals surface area (Å²) in [5.74, 6) is -2.05. The molecule has 1 aromatic carbocycles. The Morgan fingerprint density at radius 3 is 1.96 bits per heavy atom. The predicted octanol–water partition coefficient (Wildman–Crippen LogP) is 1.63. The first-order valence-corrected chi connectivity index (χ1v) is 7.67. The van der Waals surface area contributed by atoms with Crippen LogP contribution >= 0.6 is 0 Å². The third-order valence-corrected chi connectivity index (χ3v) is 2.66. The lowest BCUT2D eigenvalue weighted by atomic mass is 10.1. The number of ether oxygens (including phenoxy) is 1. The van der Waals surface area contributed by atoms with Crippen LogP contribution < -0.4 is 11.1 Å². The number of alkyl carbamates (subject to hydrolysis) is 1. The highest BCUT2D eigenvalue weighted by Crippen LogP contribution is 2.08. The highest BCUT2D eigenvalue weighted by Gasteiger charge is 2.24. The normalized spacial score (nSPS) is 12.8. The summed E-state index contributed by atoms with van der Waals surface area (Å²) >= 11 is 0. The van der Waals surface area contributed by atoms with Crippen LogP contribution in [0.3, 0.4) is 0 Å². The summed E-state index contributed by atoms with van der Waals surface area (Å²) in [6.07, 6.45) is -0.508. The van der Waals surface area contributed by atoms with E-state index in [9.17, 15) is 14.4 Å². The van der Waals surface area contributed by atoms with Crippen molar-refractivity contribution in [2.45, 2.75) is 51.8 Å². The van der Waals surface area contributed by atoms with Gasteiger partial charge in [-0.05, 0) is 33.3 Å². The molecule has 1 amide bonds. The number of carbonyl (C=O) groups excluding carboxylic acids is 1. The van der Waals surface area contributed by atoms with Crippen molar-refractivity contribution in [3.63, 3.8) is 0 Å². The molecule has 1 rings (SSSR count). The van der Waals surface area contributed by atoms with Crippen molar-refractivity contribution in [2.24, 2.45) is 5.73 Å². The fourth-order valence-electron chi connectivity index (χ4n) is 1.50. The van der Waals surface area contributed by atoms with Crippen LogP contribution in [0.25, 0.3) is 0 Å². The highest BCUT2D eigenvalue weighted by atomic mass is 16.6. The number of rotatable bonds is 5. The molecule has 8 nitrogen and oxygen atoms in total. The van der Waals surface area contributed by atoms with Gasteiger partial charge in [-0.1, -0.05) is 30.3 Å². The van der Waals surface area contributed by atoms with Crippen molar-refractivity contribution in [2.75, 3.05) is 0 Å². The fourth-order valence-corrected chi connectivity index (χ4v) is 1.50. The van der Waals surface area contributed by atoms with E-state index in [2.05, 4.69) is 5.32 Å². The van der Waals surface area contributed by atoms with Gasteiger partial charge in [0.25, 0.3) is 0 Å². The minimum absolute atomic E-state index is 0.218. The summed E-state index contributed by atoms with van der Waals surface area (Å²) in [7, 11) is 0. The first-order chi connectivity index (χ1) is 11.4. The van der Waals surface area contributed by atoms with E-state index in [1.165, 1.54) is 6.92 Å². The summed E-state index contributed by atoms with van der Waals surface area (Å²) in [6, 6.07) is 7.38. The van der Waals surface area contributed by atoms with Gasteiger partial charge in [-0.25, -0.2) is 9.59 Å². The van der Waals surface area contributed by atoms with Crippen LogP contribution in [0.2, 0.25) is 0 Å². The smallest absolute Gasteiger partial charge is 0.408 e. The Morgan fingerprint density at radius 1 is 1.12 bits per heavy atom. The Morgan fingerprint density at radius 2 is 1.60 bits per heavy atom. The second-order valence-corrected chi connectivity index (χ2v) is 6.35. The molecule has 1 aromatic rings. The molecule has 0 aliphatic carbocycles. The van der Waals surface area contributed by atoms with Gasteiger partial charge in [0.05, 0.1) is 0 Å². The van der Waals surface area contributed by atoms with Crippen LogP contribution in [-0.4, -0.2) is 45.9 Å². The molecule has 0 aliphatic heterocycles. The van der Waals surface area contributed by atoms with Crippen LogP contribution in [-0.2, 0) is 20.7 Å². The molecule has 0 unspecified atom stereocenters. The van der Waals surface area contributed by atoms with Gasteiger partial charge in [0, 0.05) is 6.42 Å². The summed E-state index contributed by atoms with van der Waals surface area (Å²) in [5, 5.41) is 19.3. The number of hydrogen-bond acceptors (Lipinski definition) is 5. The minimum atomic E-state index is -1.09. The Balaban J connectivity index is 0.000000823. The average Bonchev–Trinajstić information content (AvgIpc) is 2.46. The molecule has 140 valence electrons. The van der Waals surface area contributed by atoms with Gasteiger partial charge in [-0.15, -0.1) is 0 Å². The lowest BCUT2D eigenvalue weighted by Crippen LogP contribution is -2.44. The average molecular weight is 354 g/mol. The number of carboxylic acids is 2. The van der Waals surface area contributed by atoms with Crippen LogP contribution in [0.1, 0.15) is 33.3 Å². The minimum Gasteiger partial charge on any atom is -0.480 e. The van der Waals surface area contributed by atoms with E-state index >= 15 is 0 Å². The molecule has 0 spiro atoms. The molecule has 8 heteroatoms. The first-order valence-electron chi connectivity index (χ1n) is 7.67. The maximum atomic E-state index is 11.6. The third kappa shape index (κ3) is 11.5. The maximum absolute atomic E-state index is 11.6. The Bertz CT molecular complexity index is 566. The van der Waals surface area contributed by atoms with E-state index in [0.29, 0.717) is 0 Å². The van der Waals surface area contributed by atoms with Crippen LogP contribution in [0.4, 0.5) is 4.79 Å². The van der Waals surface area contributed by atoms with Crippen molar-refractivity contribution >= 4 is 18.0 Å². The molecular formula is C17H26N2O6. The molecule has 2 atom stereocenters.